The van der Waals surface area contributed by atoms with Crippen LogP contribution in [0.5, 0.6) is 11.5 Å². The fourth-order valence-electron chi connectivity index (χ4n) is 8.84. The van der Waals surface area contributed by atoms with Gasteiger partial charge in [0.2, 0.25) is 11.8 Å². The number of nitrogens with zero attached hydrogens (tertiary/aromatic N) is 2. The molecule has 1 aliphatic carbocycles. The van der Waals surface area contributed by atoms with E-state index in [4.69, 9.17) is 26.7 Å². The van der Waals surface area contributed by atoms with Gasteiger partial charge in [-0.05, 0) is 91.6 Å². The van der Waals surface area contributed by atoms with Crippen molar-refractivity contribution in [1.29, 1.82) is 5.26 Å². The van der Waals surface area contributed by atoms with Gasteiger partial charge in [-0.1, -0.05) is 62.9 Å². The minimum Gasteiger partial charge on any atom is -0.492 e. The van der Waals surface area contributed by atoms with E-state index in [1.165, 1.54) is 36.1 Å². The van der Waals surface area contributed by atoms with Crippen LogP contribution in [0.15, 0.2) is 54.6 Å². The third-order valence-electron chi connectivity index (χ3n) is 12.2. The number of nitriles is 1. The Hall–Kier alpha value is -5.42. The van der Waals surface area contributed by atoms with E-state index in [-0.39, 0.29) is 82.9 Å². The van der Waals surface area contributed by atoms with Gasteiger partial charge >= 0.3 is 0 Å². The maximum Gasteiger partial charge on any atom is 0.226 e. The lowest BCUT2D eigenvalue weighted by Crippen LogP contribution is -2.46. The Labute approximate surface area is 366 Å². The van der Waals surface area contributed by atoms with Gasteiger partial charge in [0.05, 0.1) is 12.1 Å². The molecule has 1 heterocycles. The number of rotatable bonds is 17. The molecule has 0 radical (unpaired) electrons. The number of carbonyl (C=O) groups is 5. The van der Waals surface area contributed by atoms with Gasteiger partial charge in [0, 0.05) is 74.3 Å². The van der Waals surface area contributed by atoms with Crippen LogP contribution in [0.3, 0.4) is 0 Å². The maximum absolute atomic E-state index is 14.7. The highest BCUT2D eigenvalue weighted by molar-refractivity contribution is 6.01. The van der Waals surface area contributed by atoms with Crippen LogP contribution in [0.2, 0.25) is 0 Å². The van der Waals surface area contributed by atoms with E-state index in [0.29, 0.717) is 45.2 Å². The van der Waals surface area contributed by atoms with Gasteiger partial charge in [-0.3, -0.25) is 24.0 Å². The number of ketones is 3. The molecule has 1 saturated carbocycles. The molecule has 62 heavy (non-hydrogen) atoms. The number of amides is 2. The number of nitrogens with one attached hydrogen (secondary N) is 1. The van der Waals surface area contributed by atoms with E-state index in [2.05, 4.69) is 17.4 Å². The Kier molecular flexibility index (Phi) is 17.8. The van der Waals surface area contributed by atoms with Crippen molar-refractivity contribution < 1.29 is 33.4 Å². The zero-order valence-corrected chi connectivity index (χ0v) is 36.6. The van der Waals surface area contributed by atoms with Gasteiger partial charge in [0.15, 0.2) is 17.3 Å². The van der Waals surface area contributed by atoms with Gasteiger partial charge in [0.1, 0.15) is 30.8 Å². The Morgan fingerprint density at radius 3 is 2.13 bits per heavy atom. The molecular formula is C49H64N6O7. The second-order valence-electron chi connectivity index (χ2n) is 16.8. The average molecular weight is 849 g/mol. The molecule has 13 nitrogen and oxygen atoms in total. The topological polar surface area (TPSA) is 221 Å². The lowest BCUT2D eigenvalue weighted by Gasteiger charge is -2.32. The molecule has 1 aliphatic heterocycles. The standard InChI is InChI=1S/C49H64N6O7/c1-31-25-35(34-9-6-4-5-7-10-34)13-15-38(31)43(57)30-37(18-20-51)49(60)55(3)47-36-14-17-46(62-24-22-53)40(29-36)39-27-33(12-16-45(39)61-23-21-52)28-41(42(56)11-8-19-50)54-48(59)32(2)26-44(47)58/h12-17,25,27,29,32,34,37,41,47H,4-11,18,20-24,26,28,30,51-53H2,1-3H3,(H,54,59)/t32-,37-,41+,47+/m1/s1. The smallest absolute Gasteiger partial charge is 0.226 e. The first-order chi connectivity index (χ1) is 29.9. The number of fused-ring (bicyclic) bond motifs is 5. The van der Waals surface area contributed by atoms with Crippen LogP contribution in [0.1, 0.15) is 122 Å². The lowest BCUT2D eigenvalue weighted by atomic mass is 9.86. The number of ether oxygens (including phenoxy) is 2. The Morgan fingerprint density at radius 1 is 0.855 bits per heavy atom. The molecule has 332 valence electrons. The molecule has 4 atom stereocenters. The lowest BCUT2D eigenvalue weighted by molar-refractivity contribution is -0.142. The minimum absolute atomic E-state index is 0.0178. The van der Waals surface area contributed by atoms with Crippen LogP contribution in [-0.2, 0) is 25.6 Å². The van der Waals surface area contributed by atoms with E-state index in [0.717, 1.165) is 18.4 Å². The molecule has 5 rings (SSSR count). The van der Waals surface area contributed by atoms with Crippen LogP contribution in [0.25, 0.3) is 11.1 Å². The summed E-state index contributed by atoms with van der Waals surface area (Å²) in [6, 6.07) is 16.5. The first-order valence-corrected chi connectivity index (χ1v) is 22.2. The molecule has 0 unspecified atom stereocenters. The van der Waals surface area contributed by atoms with Crippen LogP contribution < -0.4 is 32.0 Å². The van der Waals surface area contributed by atoms with Crippen LogP contribution in [0.4, 0.5) is 0 Å². The monoisotopic (exact) mass is 848 g/mol. The van der Waals surface area contributed by atoms with E-state index in [1.54, 1.807) is 44.3 Å². The molecule has 3 aromatic carbocycles. The van der Waals surface area contributed by atoms with Gasteiger partial charge in [-0.25, -0.2) is 0 Å². The number of carbonyl (C=O) groups excluding carboxylic acids is 5. The number of Topliss-reactive ketones (excluding diaryl/α,β-unsaturated/α-hetero) is 3. The third-order valence-corrected chi connectivity index (χ3v) is 12.2. The zero-order chi connectivity index (χ0) is 44.8. The van der Waals surface area contributed by atoms with Crippen LogP contribution in [0, 0.1) is 30.1 Å². The van der Waals surface area contributed by atoms with Crippen molar-refractivity contribution in [2.24, 2.45) is 29.0 Å². The van der Waals surface area contributed by atoms with Crippen molar-refractivity contribution in [3.05, 3.63) is 82.4 Å². The van der Waals surface area contributed by atoms with E-state index >= 15 is 0 Å². The number of hydrogen-bond donors (Lipinski definition) is 4. The molecule has 1 fully saturated rings. The minimum atomic E-state index is -1.19. The predicted molar refractivity (Wildman–Crippen MR) is 238 cm³/mol. The second-order valence-corrected chi connectivity index (χ2v) is 16.8. The quantitative estimate of drug-likeness (QED) is 0.0909. The first-order valence-electron chi connectivity index (χ1n) is 22.2. The third kappa shape index (κ3) is 12.1. The summed E-state index contributed by atoms with van der Waals surface area (Å²) in [6.45, 7) is 4.52. The number of likely N-dealkylation sites (N-methyl/N-ethyl adjacent to an activating group) is 1. The van der Waals surface area contributed by atoms with Gasteiger partial charge < -0.3 is 36.9 Å². The van der Waals surface area contributed by atoms with Crippen molar-refractivity contribution >= 4 is 29.2 Å². The predicted octanol–water partition coefficient (Wildman–Crippen LogP) is 6.02. The summed E-state index contributed by atoms with van der Waals surface area (Å²) in [4.78, 5) is 72.1. The van der Waals surface area contributed by atoms with Crippen molar-refractivity contribution in [2.75, 3.05) is 39.9 Å². The fourth-order valence-corrected chi connectivity index (χ4v) is 8.84. The SMILES string of the molecule is Cc1cc(C2CCCCCC2)ccc1C(=O)C[C@@H](CCN)C(=O)N(C)[C@@H]1C(=O)C[C@@H](C)C(=O)N[C@H](C(=O)CCC#N)Cc2ccc(OCCN)c(c2)-c2cc1ccc2OCCN. The van der Waals surface area contributed by atoms with Crippen molar-refractivity contribution in [2.45, 2.75) is 109 Å². The second kappa shape index (κ2) is 23.1. The molecule has 4 bridgehead atoms. The number of aryl methyl sites for hydroxylation is 1. The molecule has 2 aliphatic rings. The zero-order valence-electron chi connectivity index (χ0n) is 36.6. The number of hydrogen-bond acceptors (Lipinski definition) is 11. The summed E-state index contributed by atoms with van der Waals surface area (Å²) in [5, 5.41) is 12.1. The van der Waals surface area contributed by atoms with Crippen molar-refractivity contribution in [3.8, 4) is 28.7 Å². The Morgan fingerprint density at radius 2 is 1.50 bits per heavy atom. The van der Waals surface area contributed by atoms with Gasteiger partial charge in [0.25, 0.3) is 0 Å². The fraction of sp³-hybridized carbons (Fsp3) is 0.510. The normalized spacial score (nSPS) is 19.0. The number of benzene rings is 3. The summed E-state index contributed by atoms with van der Waals surface area (Å²) in [5.74, 6) is -2.22. The molecule has 3 aromatic rings. The highest BCUT2D eigenvalue weighted by Gasteiger charge is 2.36. The summed E-state index contributed by atoms with van der Waals surface area (Å²) in [7, 11) is 1.54. The molecule has 0 aromatic heterocycles. The molecule has 2 amide bonds. The van der Waals surface area contributed by atoms with Crippen molar-refractivity contribution in [3.63, 3.8) is 0 Å². The molecule has 0 spiro atoms. The summed E-state index contributed by atoms with van der Waals surface area (Å²) < 4.78 is 12.3. The summed E-state index contributed by atoms with van der Waals surface area (Å²) in [5.41, 5.74) is 22.7. The molecule has 0 saturated heterocycles. The largest absolute Gasteiger partial charge is 0.492 e. The summed E-state index contributed by atoms with van der Waals surface area (Å²) in [6.07, 6.45) is 7.06. The van der Waals surface area contributed by atoms with E-state index in [1.807, 2.05) is 25.1 Å². The molecule has 13 heteroatoms. The molecular weight excluding hydrogens is 785 g/mol. The van der Waals surface area contributed by atoms with Gasteiger partial charge in [-0.2, -0.15) is 5.26 Å². The number of nitrogens with two attached hydrogens (primary N) is 3. The van der Waals surface area contributed by atoms with E-state index < -0.39 is 41.5 Å². The maximum atomic E-state index is 14.7. The molecule has 7 N–H and O–H groups in total. The van der Waals surface area contributed by atoms with Crippen LogP contribution in [-0.4, -0.2) is 80.0 Å². The Bertz CT molecular complexity index is 2110. The average Bonchev–Trinajstić information content (AvgIpc) is 3.56. The van der Waals surface area contributed by atoms with Crippen LogP contribution >= 0.6 is 0 Å². The van der Waals surface area contributed by atoms with Gasteiger partial charge in [-0.15, -0.1) is 0 Å². The summed E-state index contributed by atoms with van der Waals surface area (Å²) >= 11 is 0. The Balaban J connectivity index is 1.56. The van der Waals surface area contributed by atoms with E-state index in [9.17, 15) is 29.2 Å². The highest BCUT2D eigenvalue weighted by atomic mass is 16.5. The van der Waals surface area contributed by atoms with Crippen molar-refractivity contribution in [1.82, 2.24) is 10.2 Å². The highest BCUT2D eigenvalue weighted by Crippen LogP contribution is 2.41. The first kappa shape index (κ1) is 47.6.